The quantitative estimate of drug-likeness (QED) is 0.645. The van der Waals surface area contributed by atoms with E-state index in [1.807, 2.05) is 0 Å². The molecule has 154 valence electrons. The van der Waals surface area contributed by atoms with Gasteiger partial charge in [0.1, 0.15) is 0 Å². The largest absolute Gasteiger partial charge is 0.326 e. The van der Waals surface area contributed by atoms with Crippen LogP contribution in [0.2, 0.25) is 0 Å². The van der Waals surface area contributed by atoms with Crippen LogP contribution in [0.15, 0.2) is 47.4 Å². The predicted molar refractivity (Wildman–Crippen MR) is 112 cm³/mol. The molecule has 1 fully saturated rings. The highest BCUT2D eigenvalue weighted by atomic mass is 32.2. The minimum Gasteiger partial charge on any atom is -0.326 e. The van der Waals surface area contributed by atoms with Gasteiger partial charge in [0.2, 0.25) is 15.9 Å². The van der Waals surface area contributed by atoms with Gasteiger partial charge in [-0.1, -0.05) is 26.0 Å². The summed E-state index contributed by atoms with van der Waals surface area (Å²) in [5.74, 6) is -0.700. The second-order valence-corrected chi connectivity index (χ2v) is 9.27. The Morgan fingerprint density at radius 2 is 1.66 bits per heavy atom. The first-order valence-electron chi connectivity index (χ1n) is 9.51. The Labute approximate surface area is 171 Å². The summed E-state index contributed by atoms with van der Waals surface area (Å²) in [6.07, 6.45) is 1.67. The maximum Gasteiger partial charge on any atom is 0.255 e. The van der Waals surface area contributed by atoms with Crippen molar-refractivity contribution in [1.29, 1.82) is 0 Å². The molecule has 3 N–H and O–H groups in total. The predicted octanol–water partition coefficient (Wildman–Crippen LogP) is 3.28. The van der Waals surface area contributed by atoms with Crippen molar-refractivity contribution < 1.29 is 18.0 Å². The SMILES string of the molecule is Cc1ccc(S(=O)(=O)NC2CC2)cc1C(=O)Nc1cccc(NC(=O)C(C)C)c1. The molecule has 8 heteroatoms. The van der Waals surface area contributed by atoms with E-state index >= 15 is 0 Å². The highest BCUT2D eigenvalue weighted by molar-refractivity contribution is 7.89. The lowest BCUT2D eigenvalue weighted by molar-refractivity contribution is -0.118. The van der Waals surface area contributed by atoms with Crippen LogP contribution >= 0.6 is 0 Å². The molecule has 1 aliphatic carbocycles. The van der Waals surface area contributed by atoms with Crippen LogP contribution in [0.25, 0.3) is 0 Å². The lowest BCUT2D eigenvalue weighted by Gasteiger charge is -2.12. The number of amides is 2. The molecular formula is C21H25N3O4S. The molecule has 0 spiro atoms. The number of hydrogen-bond acceptors (Lipinski definition) is 4. The average molecular weight is 416 g/mol. The molecule has 1 aliphatic rings. The molecule has 0 bridgehead atoms. The monoisotopic (exact) mass is 415 g/mol. The molecule has 2 amide bonds. The van der Waals surface area contributed by atoms with Crippen LogP contribution < -0.4 is 15.4 Å². The van der Waals surface area contributed by atoms with Gasteiger partial charge in [-0.05, 0) is 55.7 Å². The third kappa shape index (κ3) is 5.42. The molecule has 0 aromatic heterocycles. The molecule has 0 heterocycles. The van der Waals surface area contributed by atoms with E-state index in [0.29, 0.717) is 16.9 Å². The normalized spacial score (nSPS) is 13.9. The highest BCUT2D eigenvalue weighted by Crippen LogP contribution is 2.24. The van der Waals surface area contributed by atoms with E-state index in [1.165, 1.54) is 12.1 Å². The van der Waals surface area contributed by atoms with Crippen molar-refractivity contribution in [3.05, 3.63) is 53.6 Å². The van der Waals surface area contributed by atoms with Crippen molar-refractivity contribution in [3.8, 4) is 0 Å². The molecule has 0 atom stereocenters. The number of hydrogen-bond donors (Lipinski definition) is 3. The van der Waals surface area contributed by atoms with Crippen molar-refractivity contribution >= 4 is 33.2 Å². The Balaban J connectivity index is 1.78. The summed E-state index contributed by atoms with van der Waals surface area (Å²) in [7, 11) is -3.65. The van der Waals surface area contributed by atoms with E-state index in [0.717, 1.165) is 12.8 Å². The second kappa shape index (κ2) is 8.34. The average Bonchev–Trinajstić information content (AvgIpc) is 3.45. The Morgan fingerprint density at radius 1 is 1.00 bits per heavy atom. The summed E-state index contributed by atoms with van der Waals surface area (Å²) in [4.78, 5) is 24.7. The van der Waals surface area contributed by atoms with Crippen molar-refractivity contribution in [2.24, 2.45) is 5.92 Å². The molecule has 1 saturated carbocycles. The first-order valence-corrected chi connectivity index (χ1v) is 11.0. The smallest absolute Gasteiger partial charge is 0.255 e. The molecule has 3 rings (SSSR count). The number of benzene rings is 2. The third-order valence-corrected chi connectivity index (χ3v) is 6.09. The van der Waals surface area contributed by atoms with Gasteiger partial charge in [-0.2, -0.15) is 0 Å². The fraction of sp³-hybridized carbons (Fsp3) is 0.333. The third-order valence-electron chi connectivity index (χ3n) is 4.58. The lowest BCUT2D eigenvalue weighted by Crippen LogP contribution is -2.26. The van der Waals surface area contributed by atoms with E-state index in [9.17, 15) is 18.0 Å². The number of nitrogens with one attached hydrogen (secondary N) is 3. The topological polar surface area (TPSA) is 104 Å². The van der Waals surface area contributed by atoms with Crippen LogP contribution in [0.4, 0.5) is 11.4 Å². The van der Waals surface area contributed by atoms with Gasteiger partial charge in [0, 0.05) is 28.9 Å². The van der Waals surface area contributed by atoms with Crippen LogP contribution in [0.1, 0.15) is 42.6 Å². The second-order valence-electron chi connectivity index (χ2n) is 7.55. The zero-order valence-corrected chi connectivity index (χ0v) is 17.5. The molecule has 0 saturated heterocycles. The van der Waals surface area contributed by atoms with Crippen LogP contribution in [0.5, 0.6) is 0 Å². The molecule has 0 radical (unpaired) electrons. The van der Waals surface area contributed by atoms with Crippen LogP contribution in [0.3, 0.4) is 0 Å². The Morgan fingerprint density at radius 3 is 2.28 bits per heavy atom. The van der Waals surface area contributed by atoms with Gasteiger partial charge < -0.3 is 10.6 Å². The van der Waals surface area contributed by atoms with Gasteiger partial charge >= 0.3 is 0 Å². The van der Waals surface area contributed by atoms with Crippen molar-refractivity contribution in [2.45, 2.75) is 44.6 Å². The Hall–Kier alpha value is -2.71. The maximum absolute atomic E-state index is 12.8. The van der Waals surface area contributed by atoms with E-state index in [-0.39, 0.29) is 28.3 Å². The summed E-state index contributed by atoms with van der Waals surface area (Å²) in [6, 6.07) is 11.3. The van der Waals surface area contributed by atoms with Gasteiger partial charge in [-0.3, -0.25) is 9.59 Å². The number of carbonyl (C=O) groups is 2. The first-order chi connectivity index (χ1) is 13.7. The molecule has 0 aliphatic heterocycles. The summed E-state index contributed by atoms with van der Waals surface area (Å²) < 4.78 is 27.5. The standard InChI is InChI=1S/C21H25N3O4S/c1-13(2)20(25)22-16-5-4-6-17(11-16)23-21(26)19-12-18(10-7-14(19)3)29(27,28)24-15-8-9-15/h4-7,10-13,15,24H,8-9H2,1-3H3,(H,22,25)(H,23,26). The Bertz CT molecular complexity index is 1040. The summed E-state index contributed by atoms with van der Waals surface area (Å²) >= 11 is 0. The maximum atomic E-state index is 12.8. The number of rotatable bonds is 7. The zero-order chi connectivity index (χ0) is 21.2. The molecule has 0 unspecified atom stereocenters. The van der Waals surface area contributed by atoms with Gasteiger partial charge in [0.05, 0.1) is 4.90 Å². The minimum absolute atomic E-state index is 0.0117. The first kappa shape index (κ1) is 21.0. The van der Waals surface area contributed by atoms with Gasteiger partial charge in [-0.15, -0.1) is 0 Å². The molecule has 29 heavy (non-hydrogen) atoms. The number of sulfonamides is 1. The van der Waals surface area contributed by atoms with Gasteiger partial charge in [-0.25, -0.2) is 13.1 Å². The van der Waals surface area contributed by atoms with Crippen molar-refractivity contribution in [2.75, 3.05) is 10.6 Å². The van der Waals surface area contributed by atoms with Gasteiger partial charge in [0.15, 0.2) is 0 Å². The fourth-order valence-electron chi connectivity index (χ4n) is 2.66. The lowest BCUT2D eigenvalue weighted by atomic mass is 10.1. The van der Waals surface area contributed by atoms with Gasteiger partial charge in [0.25, 0.3) is 5.91 Å². The van der Waals surface area contributed by atoms with Crippen LogP contribution in [0, 0.1) is 12.8 Å². The van der Waals surface area contributed by atoms with E-state index in [2.05, 4.69) is 15.4 Å². The van der Waals surface area contributed by atoms with Crippen LogP contribution in [-0.4, -0.2) is 26.3 Å². The number of carbonyl (C=O) groups excluding carboxylic acids is 2. The van der Waals surface area contributed by atoms with Crippen molar-refractivity contribution in [1.82, 2.24) is 4.72 Å². The van der Waals surface area contributed by atoms with E-state index in [4.69, 9.17) is 0 Å². The Kier molecular flexibility index (Phi) is 6.04. The summed E-state index contributed by atoms with van der Waals surface area (Å²) in [5, 5.41) is 5.55. The molecule has 7 nitrogen and oxygen atoms in total. The molecule has 2 aromatic carbocycles. The van der Waals surface area contributed by atoms with Crippen LogP contribution in [-0.2, 0) is 14.8 Å². The highest BCUT2D eigenvalue weighted by Gasteiger charge is 2.28. The van der Waals surface area contributed by atoms with Crippen molar-refractivity contribution in [3.63, 3.8) is 0 Å². The summed E-state index contributed by atoms with van der Waals surface area (Å²) in [5.41, 5.74) is 2.01. The summed E-state index contributed by atoms with van der Waals surface area (Å²) in [6.45, 7) is 5.34. The molecular weight excluding hydrogens is 390 g/mol. The number of anilines is 2. The molecule has 2 aromatic rings. The number of aryl methyl sites for hydroxylation is 1. The van der Waals surface area contributed by atoms with E-state index < -0.39 is 15.9 Å². The van der Waals surface area contributed by atoms with E-state index in [1.54, 1.807) is 51.1 Å². The minimum atomic E-state index is -3.65. The fourth-order valence-corrected chi connectivity index (χ4v) is 3.99. The zero-order valence-electron chi connectivity index (χ0n) is 16.7.